The Morgan fingerprint density at radius 1 is 1.20 bits per heavy atom. The number of benzene rings is 1. The van der Waals surface area contributed by atoms with E-state index in [1.165, 1.54) is 12.1 Å². The number of quaternary nitrogens is 1. The van der Waals surface area contributed by atoms with Crippen LogP contribution >= 0.6 is 0 Å². The number of halogens is 3. The van der Waals surface area contributed by atoms with Gasteiger partial charge in [0.2, 0.25) is 0 Å². The summed E-state index contributed by atoms with van der Waals surface area (Å²) in [7, 11) is 1.68. The molecule has 1 unspecified atom stereocenters. The van der Waals surface area contributed by atoms with Gasteiger partial charge in [0.25, 0.3) is 11.8 Å². The summed E-state index contributed by atoms with van der Waals surface area (Å²) in [4.78, 5) is 24.8. The van der Waals surface area contributed by atoms with Gasteiger partial charge in [-0.05, 0) is 45.9 Å². The van der Waals surface area contributed by atoms with Gasteiger partial charge >= 0.3 is 6.18 Å². The van der Waals surface area contributed by atoms with Crippen LogP contribution in [-0.4, -0.2) is 37.0 Å². The highest BCUT2D eigenvalue weighted by atomic mass is 19.4. The predicted molar refractivity (Wildman–Crippen MR) is 89.2 cm³/mol. The first kappa shape index (κ1) is 21.0. The monoisotopic (exact) mass is 360 g/mol. The second kappa shape index (κ2) is 7.86. The van der Waals surface area contributed by atoms with Gasteiger partial charge < -0.3 is 15.5 Å². The third kappa shape index (κ3) is 7.13. The molecule has 0 aliphatic rings. The van der Waals surface area contributed by atoms with Crippen LogP contribution in [0.3, 0.4) is 0 Å². The zero-order valence-corrected chi connectivity index (χ0v) is 15.0. The molecule has 2 amide bonds. The van der Waals surface area contributed by atoms with E-state index in [0.29, 0.717) is 4.90 Å². The number of carbonyl (C=O) groups is 2. The number of alkyl halides is 3. The van der Waals surface area contributed by atoms with Gasteiger partial charge in [-0.3, -0.25) is 9.59 Å². The van der Waals surface area contributed by atoms with E-state index in [-0.39, 0.29) is 23.7 Å². The number of rotatable bonds is 5. The topological polar surface area (TPSA) is 62.6 Å². The van der Waals surface area contributed by atoms with Crippen LogP contribution < -0.4 is 15.5 Å². The average Bonchev–Trinajstić information content (AvgIpc) is 2.43. The van der Waals surface area contributed by atoms with Crippen LogP contribution in [0.4, 0.5) is 18.9 Å². The van der Waals surface area contributed by atoms with E-state index in [1.54, 1.807) is 14.0 Å². The van der Waals surface area contributed by atoms with Gasteiger partial charge in [-0.1, -0.05) is 6.07 Å². The zero-order valence-electron chi connectivity index (χ0n) is 15.0. The minimum Gasteiger partial charge on any atom is -0.347 e. The molecular formula is C17H25F3N3O2+. The molecule has 1 aromatic rings. The number of anilines is 1. The number of likely N-dealkylation sites (N-methyl/N-ethyl adjacent to an activating group) is 1. The molecule has 0 aliphatic carbocycles. The van der Waals surface area contributed by atoms with Gasteiger partial charge in [0.1, 0.15) is 0 Å². The quantitative estimate of drug-likeness (QED) is 0.745. The molecule has 0 heterocycles. The Hall–Kier alpha value is -2.09. The van der Waals surface area contributed by atoms with Crippen LogP contribution in [0.5, 0.6) is 0 Å². The minimum atomic E-state index is -4.47. The van der Waals surface area contributed by atoms with Gasteiger partial charge in [-0.15, -0.1) is 0 Å². The van der Waals surface area contributed by atoms with E-state index < -0.39 is 23.7 Å². The van der Waals surface area contributed by atoms with Crippen molar-refractivity contribution >= 4 is 17.5 Å². The summed E-state index contributed by atoms with van der Waals surface area (Å²) in [6, 6.07) is 3.83. The molecule has 0 aliphatic heterocycles. The molecule has 0 spiro atoms. The first-order valence-corrected chi connectivity index (χ1v) is 7.91. The molecule has 2 atom stereocenters. The highest BCUT2D eigenvalue weighted by Crippen LogP contribution is 2.30. The summed E-state index contributed by atoms with van der Waals surface area (Å²) in [5.41, 5.74) is -1.14. The van der Waals surface area contributed by atoms with Gasteiger partial charge in [0.05, 0.1) is 12.6 Å². The maximum Gasteiger partial charge on any atom is 0.416 e. The van der Waals surface area contributed by atoms with Crippen molar-refractivity contribution in [1.29, 1.82) is 0 Å². The van der Waals surface area contributed by atoms with Gasteiger partial charge in [-0.2, -0.15) is 13.2 Å². The Labute approximate surface area is 145 Å². The molecule has 0 saturated heterocycles. The minimum absolute atomic E-state index is 0.0682. The predicted octanol–water partition coefficient (Wildman–Crippen LogP) is 1.46. The summed E-state index contributed by atoms with van der Waals surface area (Å²) in [5, 5.41) is 5.27. The van der Waals surface area contributed by atoms with Crippen LogP contribution in [-0.2, 0) is 15.8 Å². The highest BCUT2D eigenvalue weighted by Gasteiger charge is 2.31. The normalized spacial score (nSPS) is 14.6. The van der Waals surface area contributed by atoms with Crippen molar-refractivity contribution in [1.82, 2.24) is 5.32 Å². The fraction of sp³-hybridized carbons (Fsp3) is 0.529. The van der Waals surface area contributed by atoms with Crippen molar-refractivity contribution in [3.63, 3.8) is 0 Å². The van der Waals surface area contributed by atoms with Gasteiger partial charge in [0, 0.05) is 11.2 Å². The van der Waals surface area contributed by atoms with Crippen molar-refractivity contribution in [3.05, 3.63) is 29.8 Å². The molecule has 0 radical (unpaired) electrons. The van der Waals surface area contributed by atoms with Crippen LogP contribution in [0.15, 0.2) is 24.3 Å². The van der Waals surface area contributed by atoms with Crippen molar-refractivity contribution in [2.75, 3.05) is 18.9 Å². The van der Waals surface area contributed by atoms with Crippen molar-refractivity contribution in [2.24, 2.45) is 0 Å². The summed E-state index contributed by atoms with van der Waals surface area (Å²) < 4.78 is 38.1. The van der Waals surface area contributed by atoms with E-state index in [9.17, 15) is 22.8 Å². The molecule has 0 fully saturated rings. The smallest absolute Gasteiger partial charge is 0.347 e. The lowest BCUT2D eigenvalue weighted by Crippen LogP contribution is -3.15. The first-order valence-electron chi connectivity index (χ1n) is 7.91. The largest absolute Gasteiger partial charge is 0.416 e. The van der Waals surface area contributed by atoms with Gasteiger partial charge in [-0.25, -0.2) is 0 Å². The molecule has 0 aromatic heterocycles. The Morgan fingerprint density at radius 3 is 2.32 bits per heavy atom. The SMILES string of the molecule is C[C@H](C(=O)Nc1cccc(C(F)(F)F)c1)[NH+](C)CC(=O)NC(C)(C)C. The molecule has 1 aromatic carbocycles. The highest BCUT2D eigenvalue weighted by molar-refractivity contribution is 5.93. The van der Waals surface area contributed by atoms with E-state index in [1.807, 2.05) is 20.8 Å². The molecule has 140 valence electrons. The summed E-state index contributed by atoms with van der Waals surface area (Å²) in [6.45, 7) is 7.25. The zero-order chi connectivity index (χ0) is 19.4. The standard InChI is InChI=1S/C17H24F3N3O2/c1-11(23(5)10-14(24)22-16(2,3)4)15(25)21-13-8-6-7-12(9-13)17(18,19)20/h6-9,11H,10H2,1-5H3,(H,21,25)(H,22,24)/p+1/t11-/m1/s1. The summed E-state index contributed by atoms with van der Waals surface area (Å²) >= 11 is 0. The molecule has 1 rings (SSSR count). The molecular weight excluding hydrogens is 335 g/mol. The Bertz CT molecular complexity index is 624. The number of carbonyl (C=O) groups excluding carboxylic acids is 2. The van der Waals surface area contributed by atoms with Crippen LogP contribution in [0.25, 0.3) is 0 Å². The van der Waals surface area contributed by atoms with Crippen molar-refractivity contribution < 1.29 is 27.7 Å². The lowest BCUT2D eigenvalue weighted by Gasteiger charge is -2.24. The van der Waals surface area contributed by atoms with Crippen molar-refractivity contribution in [3.8, 4) is 0 Å². The fourth-order valence-corrected chi connectivity index (χ4v) is 2.12. The average molecular weight is 360 g/mol. The summed E-state index contributed by atoms with van der Waals surface area (Å²) in [6.07, 6.45) is -4.47. The molecule has 0 bridgehead atoms. The Morgan fingerprint density at radius 2 is 1.80 bits per heavy atom. The summed E-state index contributed by atoms with van der Waals surface area (Å²) in [5.74, 6) is -0.663. The number of hydrogen-bond acceptors (Lipinski definition) is 2. The van der Waals surface area contributed by atoms with Crippen LogP contribution in [0, 0.1) is 0 Å². The lowest BCUT2D eigenvalue weighted by molar-refractivity contribution is -0.885. The molecule has 25 heavy (non-hydrogen) atoms. The fourth-order valence-electron chi connectivity index (χ4n) is 2.12. The van der Waals surface area contributed by atoms with E-state index in [0.717, 1.165) is 12.1 Å². The molecule has 5 nitrogen and oxygen atoms in total. The van der Waals surface area contributed by atoms with E-state index in [4.69, 9.17) is 0 Å². The third-order valence-electron chi connectivity index (χ3n) is 3.54. The number of hydrogen-bond donors (Lipinski definition) is 3. The van der Waals surface area contributed by atoms with Gasteiger partial charge in [0.15, 0.2) is 12.6 Å². The molecule has 0 saturated carbocycles. The second-order valence-electron chi connectivity index (χ2n) is 7.11. The lowest BCUT2D eigenvalue weighted by atomic mass is 10.1. The molecule has 8 heteroatoms. The number of amides is 2. The van der Waals surface area contributed by atoms with E-state index >= 15 is 0 Å². The Balaban J connectivity index is 2.69. The van der Waals surface area contributed by atoms with E-state index in [2.05, 4.69) is 10.6 Å². The van der Waals surface area contributed by atoms with Crippen LogP contribution in [0.2, 0.25) is 0 Å². The maximum atomic E-state index is 12.7. The second-order valence-corrected chi connectivity index (χ2v) is 7.11. The first-order chi connectivity index (χ1) is 11.3. The third-order valence-corrected chi connectivity index (χ3v) is 3.54. The maximum absolute atomic E-state index is 12.7. The molecule has 3 N–H and O–H groups in total. The van der Waals surface area contributed by atoms with Crippen LogP contribution in [0.1, 0.15) is 33.3 Å². The number of nitrogens with one attached hydrogen (secondary N) is 3. The van der Waals surface area contributed by atoms with Crippen molar-refractivity contribution in [2.45, 2.75) is 45.5 Å². The Kier molecular flexibility index (Phi) is 6.59.